The lowest BCUT2D eigenvalue weighted by Crippen LogP contribution is -2.14. The Hall–Kier alpha value is -0.770. The summed E-state index contributed by atoms with van der Waals surface area (Å²) in [6, 6.07) is 2.75. The first-order valence-electron chi connectivity index (χ1n) is 3.91. The van der Waals surface area contributed by atoms with Gasteiger partial charge in [-0.2, -0.15) is 0 Å². The maximum Gasteiger partial charge on any atom is 0.134 e. The van der Waals surface area contributed by atoms with E-state index in [4.69, 9.17) is 22.4 Å². The van der Waals surface area contributed by atoms with Crippen LogP contribution in [-0.2, 0) is 0 Å². The van der Waals surface area contributed by atoms with Crippen LogP contribution in [0.25, 0.3) is 0 Å². The topological polar surface area (TPSA) is 66.5 Å². The summed E-state index contributed by atoms with van der Waals surface area (Å²) in [5.41, 5.74) is 7.01. The molecule has 0 fully saturated rings. The number of halogens is 1. The number of aliphatic hydroxyl groups excluding tert-OH is 1. The van der Waals surface area contributed by atoms with E-state index in [9.17, 15) is 5.11 Å². The molecule has 0 aliphatic rings. The van der Waals surface area contributed by atoms with E-state index < -0.39 is 6.04 Å². The predicted molar refractivity (Wildman–Crippen MR) is 51.9 cm³/mol. The fourth-order valence-corrected chi connectivity index (χ4v) is 1.21. The maximum atomic E-state index is 9.36. The number of aromatic hydroxyl groups is 1. The molecule has 0 aliphatic heterocycles. The van der Waals surface area contributed by atoms with Crippen molar-refractivity contribution in [2.24, 2.45) is 5.73 Å². The van der Waals surface area contributed by atoms with Gasteiger partial charge in [0.05, 0.1) is 17.7 Å². The van der Waals surface area contributed by atoms with Gasteiger partial charge in [-0.3, -0.25) is 0 Å². The lowest BCUT2D eigenvalue weighted by molar-refractivity contribution is 0.267. The Morgan fingerprint density at radius 3 is 2.62 bits per heavy atom. The molecule has 0 saturated heterocycles. The zero-order valence-electron chi connectivity index (χ0n) is 7.29. The fraction of sp³-hybridized carbons (Fsp3) is 0.333. The largest absolute Gasteiger partial charge is 0.506 e. The zero-order valence-corrected chi connectivity index (χ0v) is 8.04. The molecule has 0 aromatic heterocycles. The highest BCUT2D eigenvalue weighted by Crippen LogP contribution is 2.29. The van der Waals surface area contributed by atoms with E-state index in [-0.39, 0.29) is 12.4 Å². The highest BCUT2D eigenvalue weighted by Gasteiger charge is 2.09. The van der Waals surface area contributed by atoms with Gasteiger partial charge in [-0.05, 0) is 24.1 Å². The molecular formula is C9H12ClNO2. The van der Waals surface area contributed by atoms with Gasteiger partial charge in [0.1, 0.15) is 5.75 Å². The van der Waals surface area contributed by atoms with Crippen LogP contribution in [0.4, 0.5) is 0 Å². The average molecular weight is 202 g/mol. The number of aryl methyl sites for hydroxylation is 1. The molecule has 0 radical (unpaired) electrons. The minimum absolute atomic E-state index is 0.000525. The number of hydrogen-bond acceptors (Lipinski definition) is 3. The molecule has 13 heavy (non-hydrogen) atoms. The number of phenolic OH excluding ortho intramolecular Hbond substituents is 1. The molecule has 4 heteroatoms. The fourth-order valence-electron chi connectivity index (χ4n) is 1.10. The summed E-state index contributed by atoms with van der Waals surface area (Å²) in [5, 5.41) is 18.5. The summed E-state index contributed by atoms with van der Waals surface area (Å²) in [7, 11) is 0. The normalized spacial score (nSPS) is 12.9. The smallest absolute Gasteiger partial charge is 0.134 e. The lowest BCUT2D eigenvalue weighted by atomic mass is 10.1. The molecule has 0 heterocycles. The van der Waals surface area contributed by atoms with Crippen LogP contribution in [0.5, 0.6) is 5.75 Å². The number of hydrogen-bond donors (Lipinski definition) is 3. The highest BCUT2D eigenvalue weighted by atomic mass is 35.5. The van der Waals surface area contributed by atoms with Crippen molar-refractivity contribution >= 4 is 11.6 Å². The van der Waals surface area contributed by atoms with Crippen molar-refractivity contribution in [3.63, 3.8) is 0 Å². The molecular weight excluding hydrogens is 190 g/mol. The van der Waals surface area contributed by atoms with Crippen LogP contribution < -0.4 is 5.73 Å². The third kappa shape index (κ3) is 2.12. The lowest BCUT2D eigenvalue weighted by Gasteiger charge is -2.11. The summed E-state index contributed by atoms with van der Waals surface area (Å²) in [5.74, 6) is 0.000525. The van der Waals surface area contributed by atoms with Crippen LogP contribution in [0.1, 0.15) is 17.2 Å². The zero-order chi connectivity index (χ0) is 10.0. The molecule has 1 unspecified atom stereocenters. The summed E-state index contributed by atoms with van der Waals surface area (Å²) >= 11 is 5.74. The molecule has 3 nitrogen and oxygen atoms in total. The van der Waals surface area contributed by atoms with Gasteiger partial charge >= 0.3 is 0 Å². The molecule has 1 aromatic carbocycles. The van der Waals surface area contributed by atoms with Crippen molar-refractivity contribution in [2.45, 2.75) is 13.0 Å². The number of benzene rings is 1. The number of phenols is 1. The van der Waals surface area contributed by atoms with Crippen molar-refractivity contribution < 1.29 is 10.2 Å². The minimum Gasteiger partial charge on any atom is -0.506 e. The van der Waals surface area contributed by atoms with E-state index >= 15 is 0 Å². The van der Waals surface area contributed by atoms with Crippen LogP contribution in [0.2, 0.25) is 5.02 Å². The van der Waals surface area contributed by atoms with E-state index in [1.807, 2.05) is 0 Å². The van der Waals surface area contributed by atoms with Crippen LogP contribution in [0, 0.1) is 6.92 Å². The minimum atomic E-state index is -0.470. The summed E-state index contributed by atoms with van der Waals surface area (Å²) < 4.78 is 0. The van der Waals surface area contributed by atoms with Crippen LogP contribution >= 0.6 is 11.6 Å². The van der Waals surface area contributed by atoms with E-state index in [2.05, 4.69) is 0 Å². The number of aliphatic hydroxyl groups is 1. The number of rotatable bonds is 2. The molecule has 1 rings (SSSR count). The molecule has 0 saturated carbocycles. The Bertz CT molecular complexity index is 291. The third-order valence-corrected chi connectivity index (χ3v) is 2.37. The molecule has 1 atom stereocenters. The molecule has 0 aliphatic carbocycles. The number of nitrogens with two attached hydrogens (primary N) is 1. The molecule has 0 spiro atoms. The Kier molecular flexibility index (Phi) is 3.14. The average Bonchev–Trinajstić information content (AvgIpc) is 2.12. The molecule has 1 aromatic rings. The summed E-state index contributed by atoms with van der Waals surface area (Å²) in [6.45, 7) is 1.62. The standard InChI is InChI=1S/C9H12ClNO2/c1-5-2-6(7(11)4-12)3-8(13)9(5)10/h2-3,7,12-13H,4,11H2,1H3. The first-order chi connectivity index (χ1) is 6.06. The Labute approximate surface area is 81.8 Å². The highest BCUT2D eigenvalue weighted by molar-refractivity contribution is 6.32. The third-order valence-electron chi connectivity index (χ3n) is 1.88. The van der Waals surface area contributed by atoms with Gasteiger partial charge in [0.2, 0.25) is 0 Å². The first-order valence-corrected chi connectivity index (χ1v) is 4.29. The van der Waals surface area contributed by atoms with Crippen LogP contribution in [0.3, 0.4) is 0 Å². The van der Waals surface area contributed by atoms with Gasteiger partial charge in [-0.1, -0.05) is 17.7 Å². The van der Waals surface area contributed by atoms with Crippen LogP contribution in [0.15, 0.2) is 12.1 Å². The van der Waals surface area contributed by atoms with Gasteiger partial charge in [0.15, 0.2) is 0 Å². The predicted octanol–water partition coefficient (Wildman–Crippen LogP) is 1.35. The molecule has 0 bridgehead atoms. The van der Waals surface area contributed by atoms with Gasteiger partial charge in [0, 0.05) is 0 Å². The second kappa shape index (κ2) is 3.96. The quantitative estimate of drug-likeness (QED) is 0.677. The van der Waals surface area contributed by atoms with Crippen molar-refractivity contribution in [1.82, 2.24) is 0 Å². The van der Waals surface area contributed by atoms with Gasteiger partial charge in [-0.25, -0.2) is 0 Å². The Morgan fingerprint density at radius 1 is 1.54 bits per heavy atom. The Balaban J connectivity index is 3.13. The van der Waals surface area contributed by atoms with Gasteiger partial charge < -0.3 is 15.9 Å². The van der Waals surface area contributed by atoms with Crippen molar-refractivity contribution in [3.8, 4) is 5.75 Å². The van der Waals surface area contributed by atoms with E-state index in [1.54, 1.807) is 13.0 Å². The van der Waals surface area contributed by atoms with Gasteiger partial charge in [0.25, 0.3) is 0 Å². The van der Waals surface area contributed by atoms with E-state index in [0.29, 0.717) is 10.6 Å². The van der Waals surface area contributed by atoms with Crippen molar-refractivity contribution in [1.29, 1.82) is 0 Å². The van der Waals surface area contributed by atoms with E-state index in [0.717, 1.165) is 5.56 Å². The molecule has 4 N–H and O–H groups in total. The Morgan fingerprint density at radius 2 is 2.15 bits per heavy atom. The van der Waals surface area contributed by atoms with Crippen LogP contribution in [-0.4, -0.2) is 16.8 Å². The summed E-state index contributed by atoms with van der Waals surface area (Å²) in [4.78, 5) is 0. The SMILES string of the molecule is Cc1cc(C(N)CO)cc(O)c1Cl. The van der Waals surface area contributed by atoms with Crippen molar-refractivity contribution in [3.05, 3.63) is 28.3 Å². The molecule has 0 amide bonds. The molecule has 72 valence electrons. The van der Waals surface area contributed by atoms with Gasteiger partial charge in [-0.15, -0.1) is 0 Å². The monoisotopic (exact) mass is 201 g/mol. The van der Waals surface area contributed by atoms with Crippen molar-refractivity contribution in [2.75, 3.05) is 6.61 Å². The first kappa shape index (κ1) is 10.3. The second-order valence-corrected chi connectivity index (χ2v) is 3.34. The second-order valence-electron chi connectivity index (χ2n) is 2.96. The maximum absolute atomic E-state index is 9.36. The summed E-state index contributed by atoms with van der Waals surface area (Å²) in [6.07, 6.45) is 0. The van der Waals surface area contributed by atoms with E-state index in [1.165, 1.54) is 6.07 Å².